The SMILES string of the molecule is Cc1ccc(-c2cc(NC(=O)c3ccc(C)c(NS(C)(=O)=O)c3)n[nH]2)s1. The van der Waals surface area contributed by atoms with Crippen molar-refractivity contribution in [2.45, 2.75) is 13.8 Å². The average Bonchev–Trinajstić information content (AvgIpc) is 3.17. The summed E-state index contributed by atoms with van der Waals surface area (Å²) in [6.45, 7) is 3.78. The van der Waals surface area contributed by atoms with Gasteiger partial charge in [0.2, 0.25) is 10.0 Å². The lowest BCUT2D eigenvalue weighted by atomic mass is 10.1. The third-order valence-corrected chi connectivity index (χ3v) is 5.25. The number of amides is 1. The van der Waals surface area contributed by atoms with E-state index in [2.05, 4.69) is 20.2 Å². The number of aromatic nitrogens is 2. The molecule has 2 aromatic heterocycles. The van der Waals surface area contributed by atoms with E-state index in [1.807, 2.05) is 19.1 Å². The minimum Gasteiger partial charge on any atom is -0.305 e. The van der Waals surface area contributed by atoms with Gasteiger partial charge in [0, 0.05) is 16.5 Å². The lowest BCUT2D eigenvalue weighted by Gasteiger charge is -2.09. The lowest BCUT2D eigenvalue weighted by molar-refractivity contribution is 0.102. The van der Waals surface area contributed by atoms with Crippen LogP contribution in [0.4, 0.5) is 11.5 Å². The Balaban J connectivity index is 1.78. The van der Waals surface area contributed by atoms with Crippen LogP contribution in [-0.4, -0.2) is 30.8 Å². The summed E-state index contributed by atoms with van der Waals surface area (Å²) in [4.78, 5) is 14.7. The summed E-state index contributed by atoms with van der Waals surface area (Å²) >= 11 is 1.63. The number of nitrogens with one attached hydrogen (secondary N) is 3. The van der Waals surface area contributed by atoms with Crippen LogP contribution in [0.1, 0.15) is 20.8 Å². The molecular formula is C17H18N4O3S2. The molecule has 136 valence electrons. The molecule has 0 aliphatic rings. The first-order valence-electron chi connectivity index (χ1n) is 7.73. The quantitative estimate of drug-likeness (QED) is 0.621. The number of nitrogens with zero attached hydrogens (tertiary/aromatic N) is 1. The zero-order valence-corrected chi connectivity index (χ0v) is 16.1. The maximum Gasteiger partial charge on any atom is 0.256 e. The van der Waals surface area contributed by atoms with Crippen LogP contribution in [0.5, 0.6) is 0 Å². The van der Waals surface area contributed by atoms with Crippen molar-refractivity contribution in [2.75, 3.05) is 16.3 Å². The molecule has 7 nitrogen and oxygen atoms in total. The van der Waals surface area contributed by atoms with E-state index in [1.54, 1.807) is 36.5 Å². The first kappa shape index (κ1) is 18.2. The van der Waals surface area contributed by atoms with Crippen LogP contribution in [0.15, 0.2) is 36.4 Å². The Morgan fingerprint density at radius 2 is 1.92 bits per heavy atom. The molecule has 0 unspecified atom stereocenters. The number of sulfonamides is 1. The molecule has 26 heavy (non-hydrogen) atoms. The van der Waals surface area contributed by atoms with Gasteiger partial charge >= 0.3 is 0 Å². The second-order valence-corrected chi connectivity index (χ2v) is 8.97. The third-order valence-electron chi connectivity index (χ3n) is 3.62. The molecule has 0 radical (unpaired) electrons. The maximum atomic E-state index is 12.5. The number of aryl methyl sites for hydroxylation is 2. The van der Waals surface area contributed by atoms with Crippen molar-refractivity contribution < 1.29 is 13.2 Å². The van der Waals surface area contributed by atoms with E-state index < -0.39 is 10.0 Å². The number of H-pyrrole nitrogens is 1. The molecule has 0 bridgehead atoms. The van der Waals surface area contributed by atoms with E-state index >= 15 is 0 Å². The largest absolute Gasteiger partial charge is 0.305 e. The van der Waals surface area contributed by atoms with E-state index in [0.29, 0.717) is 17.1 Å². The highest BCUT2D eigenvalue weighted by Gasteiger charge is 2.13. The fourth-order valence-electron chi connectivity index (χ4n) is 2.35. The van der Waals surface area contributed by atoms with E-state index in [4.69, 9.17) is 0 Å². The summed E-state index contributed by atoms with van der Waals surface area (Å²) in [6.07, 6.45) is 1.07. The van der Waals surface area contributed by atoms with Crippen LogP contribution in [0.2, 0.25) is 0 Å². The molecule has 0 aliphatic carbocycles. The van der Waals surface area contributed by atoms with E-state index in [1.165, 1.54) is 10.9 Å². The highest BCUT2D eigenvalue weighted by Crippen LogP contribution is 2.27. The summed E-state index contributed by atoms with van der Waals surface area (Å²) in [6, 6.07) is 10.6. The number of anilines is 2. The third kappa shape index (κ3) is 4.30. The normalized spacial score (nSPS) is 11.3. The minimum absolute atomic E-state index is 0.332. The molecule has 1 aromatic carbocycles. The van der Waals surface area contributed by atoms with Gasteiger partial charge in [0.25, 0.3) is 5.91 Å². The average molecular weight is 390 g/mol. The van der Waals surface area contributed by atoms with Crippen LogP contribution in [0.25, 0.3) is 10.6 Å². The second-order valence-electron chi connectivity index (χ2n) is 5.94. The highest BCUT2D eigenvalue weighted by molar-refractivity contribution is 7.92. The molecule has 2 heterocycles. The highest BCUT2D eigenvalue weighted by atomic mass is 32.2. The number of rotatable bonds is 5. The molecule has 0 fully saturated rings. The van der Waals surface area contributed by atoms with Crippen molar-refractivity contribution >= 4 is 38.8 Å². The Bertz CT molecular complexity index is 1070. The van der Waals surface area contributed by atoms with Gasteiger partial charge in [-0.3, -0.25) is 14.6 Å². The molecule has 1 amide bonds. The van der Waals surface area contributed by atoms with Crippen LogP contribution >= 0.6 is 11.3 Å². The Labute approximate surface area is 155 Å². The van der Waals surface area contributed by atoms with Gasteiger partial charge in [-0.15, -0.1) is 11.3 Å². The van der Waals surface area contributed by atoms with Gasteiger partial charge < -0.3 is 5.32 Å². The van der Waals surface area contributed by atoms with E-state index in [-0.39, 0.29) is 5.91 Å². The predicted molar refractivity (Wildman–Crippen MR) is 104 cm³/mol. The van der Waals surface area contributed by atoms with Gasteiger partial charge in [-0.1, -0.05) is 6.07 Å². The molecule has 9 heteroatoms. The van der Waals surface area contributed by atoms with Crippen molar-refractivity contribution in [2.24, 2.45) is 0 Å². The first-order valence-corrected chi connectivity index (χ1v) is 10.4. The summed E-state index contributed by atoms with van der Waals surface area (Å²) in [5, 5.41) is 9.71. The van der Waals surface area contributed by atoms with Crippen molar-refractivity contribution in [3.63, 3.8) is 0 Å². The van der Waals surface area contributed by atoms with Gasteiger partial charge in [0.05, 0.1) is 22.5 Å². The number of carbonyl (C=O) groups excluding carboxylic acids is 1. The molecule has 0 saturated carbocycles. The monoisotopic (exact) mass is 390 g/mol. The van der Waals surface area contributed by atoms with Gasteiger partial charge in [-0.05, 0) is 43.7 Å². The maximum absolute atomic E-state index is 12.5. The fourth-order valence-corrected chi connectivity index (χ4v) is 3.81. The van der Waals surface area contributed by atoms with Crippen molar-refractivity contribution in [3.8, 4) is 10.6 Å². The van der Waals surface area contributed by atoms with Gasteiger partial charge in [-0.25, -0.2) is 8.42 Å². The Morgan fingerprint density at radius 3 is 2.58 bits per heavy atom. The van der Waals surface area contributed by atoms with Crippen molar-refractivity contribution in [1.29, 1.82) is 0 Å². The number of hydrogen-bond donors (Lipinski definition) is 3. The molecule has 0 spiro atoms. The van der Waals surface area contributed by atoms with Crippen LogP contribution < -0.4 is 10.0 Å². The smallest absolute Gasteiger partial charge is 0.256 e. The Kier molecular flexibility index (Phi) is 4.84. The molecule has 3 N–H and O–H groups in total. The summed E-state index contributed by atoms with van der Waals surface area (Å²) in [5.41, 5.74) is 2.25. The number of hydrogen-bond acceptors (Lipinski definition) is 5. The van der Waals surface area contributed by atoms with Gasteiger partial charge in [0.1, 0.15) is 0 Å². The minimum atomic E-state index is -3.42. The Morgan fingerprint density at radius 1 is 1.15 bits per heavy atom. The second kappa shape index (κ2) is 6.93. The zero-order chi connectivity index (χ0) is 18.9. The standard InChI is InChI=1S/C17H18N4O3S2/c1-10-4-6-12(8-13(10)21-26(3,23)24)17(22)18-16-9-14(19-20-16)15-7-5-11(2)25-15/h4-9,21H,1-3H3,(H2,18,19,20,22). The molecule has 0 atom stereocenters. The fraction of sp³-hybridized carbons (Fsp3) is 0.176. The molecule has 3 aromatic rings. The van der Waals surface area contributed by atoms with Gasteiger partial charge in [0.15, 0.2) is 5.82 Å². The van der Waals surface area contributed by atoms with Crippen LogP contribution in [0, 0.1) is 13.8 Å². The zero-order valence-electron chi connectivity index (χ0n) is 14.5. The van der Waals surface area contributed by atoms with Crippen LogP contribution in [-0.2, 0) is 10.0 Å². The summed E-state index contributed by atoms with van der Waals surface area (Å²) < 4.78 is 25.3. The number of aromatic amines is 1. The predicted octanol–water partition coefficient (Wildman–Crippen LogP) is 3.38. The van der Waals surface area contributed by atoms with Crippen molar-refractivity contribution in [3.05, 3.63) is 52.4 Å². The first-order chi connectivity index (χ1) is 12.2. The van der Waals surface area contributed by atoms with E-state index in [9.17, 15) is 13.2 Å². The number of carbonyl (C=O) groups is 1. The number of benzene rings is 1. The van der Waals surface area contributed by atoms with Crippen molar-refractivity contribution in [1.82, 2.24) is 10.2 Å². The molecular weight excluding hydrogens is 372 g/mol. The molecule has 0 saturated heterocycles. The summed E-state index contributed by atoms with van der Waals surface area (Å²) in [5.74, 6) is 0.0243. The Hall–Kier alpha value is -2.65. The van der Waals surface area contributed by atoms with Crippen LogP contribution in [0.3, 0.4) is 0 Å². The molecule has 3 rings (SSSR count). The number of thiophene rings is 1. The topological polar surface area (TPSA) is 104 Å². The molecule has 0 aliphatic heterocycles. The lowest BCUT2D eigenvalue weighted by Crippen LogP contribution is -2.15. The van der Waals surface area contributed by atoms with Gasteiger partial charge in [-0.2, -0.15) is 5.10 Å². The van der Waals surface area contributed by atoms with E-state index in [0.717, 1.165) is 22.4 Å². The summed E-state index contributed by atoms with van der Waals surface area (Å²) in [7, 11) is -3.42.